The number of nitrogen functional groups attached to an aromatic ring is 1. The fourth-order valence-electron chi connectivity index (χ4n) is 3.36. The van der Waals surface area contributed by atoms with Crippen LogP contribution in [0.1, 0.15) is 47.5 Å². The molecule has 0 saturated carbocycles. The minimum absolute atomic E-state index is 0.197. The van der Waals surface area contributed by atoms with E-state index in [-0.39, 0.29) is 17.1 Å². The number of anilines is 1. The van der Waals surface area contributed by atoms with Crippen molar-refractivity contribution >= 4 is 60.3 Å². The summed E-state index contributed by atoms with van der Waals surface area (Å²) in [5.74, 6) is -0.677. The molecule has 158 valence electrons. The maximum Gasteiger partial charge on any atom is 0.341 e. The van der Waals surface area contributed by atoms with Crippen molar-refractivity contribution < 1.29 is 23.8 Å². The van der Waals surface area contributed by atoms with E-state index in [1.54, 1.807) is 24.3 Å². The summed E-state index contributed by atoms with van der Waals surface area (Å²) in [6, 6.07) is 6.85. The predicted molar refractivity (Wildman–Crippen MR) is 122 cm³/mol. The van der Waals surface area contributed by atoms with E-state index in [0.29, 0.717) is 45.3 Å². The molecule has 1 aromatic heterocycles. The molecule has 0 spiro atoms. The highest BCUT2D eigenvalue weighted by atomic mass is 79.9. The Morgan fingerprint density at radius 2 is 1.93 bits per heavy atom. The van der Waals surface area contributed by atoms with Crippen LogP contribution in [0.25, 0.3) is 11.0 Å². The summed E-state index contributed by atoms with van der Waals surface area (Å²) < 4.78 is 12.8. The lowest BCUT2D eigenvalue weighted by Gasteiger charge is -2.16. The van der Waals surface area contributed by atoms with Crippen LogP contribution in [-0.2, 0) is 17.6 Å². The van der Waals surface area contributed by atoms with E-state index in [9.17, 15) is 9.59 Å². The number of aliphatic carboxylic acids is 1. The third kappa shape index (κ3) is 4.25. The second kappa shape index (κ2) is 9.22. The van der Waals surface area contributed by atoms with Crippen molar-refractivity contribution in [3.63, 3.8) is 0 Å². The Labute approximate surface area is 190 Å². The van der Waals surface area contributed by atoms with Gasteiger partial charge in [0.05, 0.1) is 15.6 Å². The Kier molecular flexibility index (Phi) is 6.88. The zero-order valence-electron chi connectivity index (χ0n) is 16.6. The monoisotopic (exact) mass is 537 g/mol. The minimum atomic E-state index is -1.13. The number of hydrogen-bond acceptors (Lipinski definition) is 5. The molecule has 1 heterocycles. The molecule has 0 atom stereocenters. The van der Waals surface area contributed by atoms with E-state index >= 15 is 0 Å². The van der Waals surface area contributed by atoms with Crippen LogP contribution in [0.2, 0.25) is 0 Å². The number of halogens is 2. The van der Waals surface area contributed by atoms with Crippen LogP contribution in [0, 0.1) is 0 Å². The number of aryl methyl sites for hydroxylation is 1. The van der Waals surface area contributed by atoms with Crippen molar-refractivity contribution in [2.24, 2.45) is 0 Å². The Bertz CT molecular complexity index is 1140. The zero-order chi connectivity index (χ0) is 22.0. The number of carboxylic acids is 1. The highest BCUT2D eigenvalue weighted by Crippen LogP contribution is 2.40. The number of furan rings is 1. The zero-order valence-corrected chi connectivity index (χ0v) is 19.7. The molecule has 3 N–H and O–H groups in total. The Balaban J connectivity index is 2.25. The van der Waals surface area contributed by atoms with E-state index in [0.717, 1.165) is 16.5 Å². The van der Waals surface area contributed by atoms with Crippen molar-refractivity contribution in [2.75, 3.05) is 12.3 Å². The second-order valence-corrected chi connectivity index (χ2v) is 8.45. The summed E-state index contributed by atoms with van der Waals surface area (Å²) in [5, 5.41) is 9.71. The number of benzene rings is 2. The number of nitrogens with two attached hydrogens (primary N) is 1. The average Bonchev–Trinajstić information content (AvgIpc) is 3.04. The summed E-state index contributed by atoms with van der Waals surface area (Å²) in [5.41, 5.74) is 8.59. The van der Waals surface area contributed by atoms with Crippen molar-refractivity contribution in [3.8, 4) is 5.75 Å². The van der Waals surface area contributed by atoms with Crippen LogP contribution in [-0.4, -0.2) is 23.5 Å². The first-order valence-electron chi connectivity index (χ1n) is 9.49. The first-order chi connectivity index (χ1) is 14.3. The van der Waals surface area contributed by atoms with Gasteiger partial charge < -0.3 is 20.0 Å². The molecule has 0 aliphatic heterocycles. The van der Waals surface area contributed by atoms with Crippen LogP contribution in [0.3, 0.4) is 0 Å². The number of fused-ring (bicyclic) bond motifs is 1. The van der Waals surface area contributed by atoms with E-state index < -0.39 is 12.6 Å². The number of ketones is 1. The number of hydrogen-bond donors (Lipinski definition) is 2. The molecule has 0 bridgehead atoms. The molecular weight excluding hydrogens is 518 g/mol. The number of carboxylic acid groups (broad SMARTS) is 1. The minimum Gasteiger partial charge on any atom is -0.480 e. The van der Waals surface area contributed by atoms with Gasteiger partial charge in [-0.1, -0.05) is 29.8 Å². The van der Waals surface area contributed by atoms with Crippen molar-refractivity contribution in [3.05, 3.63) is 55.7 Å². The van der Waals surface area contributed by atoms with Gasteiger partial charge in [0.1, 0.15) is 17.1 Å². The second-order valence-electron chi connectivity index (χ2n) is 6.80. The van der Waals surface area contributed by atoms with E-state index in [2.05, 4.69) is 31.9 Å². The lowest BCUT2D eigenvalue weighted by atomic mass is 9.96. The van der Waals surface area contributed by atoms with Crippen molar-refractivity contribution in [1.82, 2.24) is 0 Å². The number of ether oxygens (including phenoxy) is 1. The van der Waals surface area contributed by atoms with Crippen LogP contribution < -0.4 is 10.5 Å². The van der Waals surface area contributed by atoms with Gasteiger partial charge in [-0.25, -0.2) is 4.79 Å². The normalized spacial score (nSPS) is 11.1. The maximum absolute atomic E-state index is 13.7. The van der Waals surface area contributed by atoms with Gasteiger partial charge >= 0.3 is 5.97 Å². The highest BCUT2D eigenvalue weighted by Gasteiger charge is 2.27. The van der Waals surface area contributed by atoms with E-state index in [1.807, 2.05) is 13.8 Å². The number of carbonyl (C=O) groups excluding carboxylic acids is 1. The molecule has 0 amide bonds. The van der Waals surface area contributed by atoms with Crippen LogP contribution >= 0.6 is 31.9 Å². The predicted octanol–water partition coefficient (Wildman–Crippen LogP) is 5.75. The molecule has 0 radical (unpaired) electrons. The molecule has 6 nitrogen and oxygen atoms in total. The van der Waals surface area contributed by atoms with Gasteiger partial charge in [0.25, 0.3) is 0 Å². The number of carbonyl (C=O) groups is 2. The largest absolute Gasteiger partial charge is 0.480 e. The molecule has 0 saturated heterocycles. The first kappa shape index (κ1) is 22.4. The van der Waals surface area contributed by atoms with Crippen LogP contribution in [0.15, 0.2) is 37.6 Å². The fraction of sp³-hybridized carbons (Fsp3) is 0.273. The average molecular weight is 539 g/mol. The number of rotatable bonds is 8. The standard InChI is InChI=1S/C22H21Br2NO5/c1-3-5-17-19(13-8-11(25)6-7-16(13)30-17)21(28)14-9-15(23)12(4-2)20(24)22(14)29-10-18(26)27/h6-9H,3-5,10,25H2,1-2H3,(H,26,27). The summed E-state index contributed by atoms with van der Waals surface area (Å²) in [7, 11) is 0. The third-order valence-corrected chi connectivity index (χ3v) is 6.24. The van der Waals surface area contributed by atoms with Gasteiger partial charge in [-0.3, -0.25) is 4.79 Å². The summed E-state index contributed by atoms with van der Waals surface area (Å²) in [6.07, 6.45) is 2.03. The van der Waals surface area contributed by atoms with Crippen LogP contribution in [0.5, 0.6) is 5.75 Å². The maximum atomic E-state index is 13.7. The van der Waals surface area contributed by atoms with Gasteiger partial charge in [0.15, 0.2) is 6.61 Å². The Morgan fingerprint density at radius 3 is 2.57 bits per heavy atom. The van der Waals surface area contributed by atoms with Gasteiger partial charge in [-0.2, -0.15) is 0 Å². The molecular formula is C22H21Br2NO5. The summed E-state index contributed by atoms with van der Waals surface area (Å²) >= 11 is 7.01. The first-order valence-corrected chi connectivity index (χ1v) is 11.1. The quantitative estimate of drug-likeness (QED) is 0.279. The molecule has 8 heteroatoms. The Hall–Kier alpha value is -2.32. The van der Waals surface area contributed by atoms with Gasteiger partial charge in [0.2, 0.25) is 5.78 Å². The molecule has 0 fully saturated rings. The molecule has 30 heavy (non-hydrogen) atoms. The topological polar surface area (TPSA) is 103 Å². The lowest BCUT2D eigenvalue weighted by Crippen LogP contribution is -2.14. The van der Waals surface area contributed by atoms with Crippen molar-refractivity contribution in [2.45, 2.75) is 33.1 Å². The summed E-state index contributed by atoms with van der Waals surface area (Å²) in [4.78, 5) is 24.8. The lowest BCUT2D eigenvalue weighted by molar-refractivity contribution is -0.139. The van der Waals surface area contributed by atoms with Crippen LogP contribution in [0.4, 0.5) is 5.69 Å². The van der Waals surface area contributed by atoms with Gasteiger partial charge in [-0.05, 0) is 58.6 Å². The molecule has 3 aromatic rings. The van der Waals surface area contributed by atoms with Crippen molar-refractivity contribution in [1.29, 1.82) is 0 Å². The molecule has 3 rings (SSSR count). The highest BCUT2D eigenvalue weighted by molar-refractivity contribution is 9.11. The fourth-order valence-corrected chi connectivity index (χ4v) is 5.16. The smallest absolute Gasteiger partial charge is 0.341 e. The van der Waals surface area contributed by atoms with Gasteiger partial charge in [-0.15, -0.1) is 0 Å². The molecule has 0 aliphatic rings. The Morgan fingerprint density at radius 1 is 1.20 bits per heavy atom. The molecule has 2 aromatic carbocycles. The van der Waals surface area contributed by atoms with E-state index in [1.165, 1.54) is 0 Å². The summed E-state index contributed by atoms with van der Waals surface area (Å²) in [6.45, 7) is 3.39. The van der Waals surface area contributed by atoms with E-state index in [4.69, 9.17) is 20.0 Å². The molecule has 0 aliphatic carbocycles. The van der Waals surface area contributed by atoms with Gasteiger partial charge in [0, 0.05) is 22.0 Å². The third-order valence-electron chi connectivity index (χ3n) is 4.70. The SMILES string of the molecule is CCCc1oc2ccc(N)cc2c1C(=O)c1cc(Br)c(CC)c(Br)c1OCC(=O)O. The molecule has 0 unspecified atom stereocenters.